The summed E-state index contributed by atoms with van der Waals surface area (Å²) in [5, 5.41) is 13.9. The number of nitrogens with zero attached hydrogens (tertiary/aromatic N) is 2. The van der Waals surface area contributed by atoms with Crippen molar-refractivity contribution in [3.05, 3.63) is 35.1 Å². The first kappa shape index (κ1) is 21.7. The highest BCUT2D eigenvalue weighted by Gasteiger charge is 2.28. The highest BCUT2D eigenvalue weighted by molar-refractivity contribution is 5.87. The number of halogens is 1. The minimum atomic E-state index is -0.673. The van der Waals surface area contributed by atoms with Gasteiger partial charge in [-0.1, -0.05) is 31.5 Å². The van der Waals surface area contributed by atoms with E-state index in [4.69, 9.17) is 5.26 Å². The van der Waals surface area contributed by atoms with Gasteiger partial charge in [0, 0.05) is 13.1 Å². The predicted molar refractivity (Wildman–Crippen MR) is 105 cm³/mol. The van der Waals surface area contributed by atoms with Crippen LogP contribution in [0.25, 0.3) is 0 Å². The van der Waals surface area contributed by atoms with Gasteiger partial charge in [0.2, 0.25) is 5.91 Å². The first-order valence-electron chi connectivity index (χ1n) is 9.78. The smallest absolute Gasteiger partial charge is 0.318 e. The van der Waals surface area contributed by atoms with Crippen molar-refractivity contribution >= 4 is 11.9 Å². The van der Waals surface area contributed by atoms with Crippen LogP contribution in [0.2, 0.25) is 0 Å². The summed E-state index contributed by atoms with van der Waals surface area (Å²) in [6.07, 6.45) is 1.86. The molecule has 152 valence electrons. The van der Waals surface area contributed by atoms with E-state index in [9.17, 15) is 14.0 Å². The SMILES string of the molecule is Cc1ccc(F)c(C2CCN(C(=O)NC(CC(C)C)C(=O)NCC#N)CC2)c1. The second kappa shape index (κ2) is 10.1. The molecule has 1 aliphatic rings. The van der Waals surface area contributed by atoms with Gasteiger partial charge in [-0.05, 0) is 49.7 Å². The summed E-state index contributed by atoms with van der Waals surface area (Å²) in [5.74, 6) is -0.234. The van der Waals surface area contributed by atoms with Crippen molar-refractivity contribution in [1.29, 1.82) is 5.26 Å². The van der Waals surface area contributed by atoms with E-state index in [2.05, 4.69) is 10.6 Å². The van der Waals surface area contributed by atoms with E-state index in [1.54, 1.807) is 11.0 Å². The van der Waals surface area contributed by atoms with Gasteiger partial charge in [0.25, 0.3) is 0 Å². The number of benzene rings is 1. The molecule has 0 aromatic heterocycles. The standard InChI is InChI=1S/C21H29FN4O2/c1-14(2)12-19(20(27)24-9-8-23)25-21(28)26-10-6-16(7-11-26)17-13-15(3)4-5-18(17)22/h4-5,13-14,16,19H,6-7,9-12H2,1-3H3,(H,24,27)(H,25,28). The predicted octanol–water partition coefficient (Wildman–Crippen LogP) is 3.08. The van der Waals surface area contributed by atoms with Crippen molar-refractivity contribution in [3.8, 4) is 6.07 Å². The number of piperidine rings is 1. The van der Waals surface area contributed by atoms with E-state index in [0.29, 0.717) is 37.9 Å². The average molecular weight is 388 g/mol. The first-order valence-corrected chi connectivity index (χ1v) is 9.78. The maximum Gasteiger partial charge on any atom is 0.318 e. The highest BCUT2D eigenvalue weighted by Crippen LogP contribution is 2.30. The summed E-state index contributed by atoms with van der Waals surface area (Å²) in [6.45, 7) is 6.82. The summed E-state index contributed by atoms with van der Waals surface area (Å²) >= 11 is 0. The van der Waals surface area contributed by atoms with E-state index in [1.807, 2.05) is 32.9 Å². The van der Waals surface area contributed by atoms with Gasteiger partial charge in [0.15, 0.2) is 0 Å². The Bertz CT molecular complexity index is 736. The molecule has 0 saturated carbocycles. The third kappa shape index (κ3) is 5.95. The van der Waals surface area contributed by atoms with Crippen molar-refractivity contribution in [2.75, 3.05) is 19.6 Å². The van der Waals surface area contributed by atoms with Crippen molar-refractivity contribution in [3.63, 3.8) is 0 Å². The minimum Gasteiger partial charge on any atom is -0.341 e. The summed E-state index contributed by atoms with van der Waals surface area (Å²) in [4.78, 5) is 26.5. The fourth-order valence-electron chi connectivity index (χ4n) is 3.56. The van der Waals surface area contributed by atoms with Crippen molar-refractivity contribution in [2.24, 2.45) is 5.92 Å². The molecule has 0 radical (unpaired) electrons. The monoisotopic (exact) mass is 388 g/mol. The number of nitriles is 1. The molecule has 1 heterocycles. The number of likely N-dealkylation sites (tertiary alicyclic amines) is 1. The molecule has 6 nitrogen and oxygen atoms in total. The topological polar surface area (TPSA) is 85.2 Å². The molecule has 1 unspecified atom stereocenters. The zero-order chi connectivity index (χ0) is 20.7. The van der Waals surface area contributed by atoms with Gasteiger partial charge < -0.3 is 15.5 Å². The number of amides is 3. The van der Waals surface area contributed by atoms with Crippen molar-refractivity contribution in [2.45, 2.75) is 52.0 Å². The quantitative estimate of drug-likeness (QED) is 0.735. The fraction of sp³-hybridized carbons (Fsp3) is 0.571. The van der Waals surface area contributed by atoms with Gasteiger partial charge in [-0.2, -0.15) is 5.26 Å². The number of rotatable bonds is 6. The van der Waals surface area contributed by atoms with E-state index in [0.717, 1.165) is 5.56 Å². The van der Waals surface area contributed by atoms with Crippen LogP contribution in [-0.4, -0.2) is 42.5 Å². The highest BCUT2D eigenvalue weighted by atomic mass is 19.1. The normalized spacial score (nSPS) is 15.8. The Morgan fingerprint density at radius 2 is 2.00 bits per heavy atom. The van der Waals surface area contributed by atoms with Gasteiger partial charge in [0.1, 0.15) is 18.4 Å². The molecule has 1 saturated heterocycles. The minimum absolute atomic E-state index is 0.0866. The molecule has 1 aliphatic heterocycles. The van der Waals surface area contributed by atoms with Gasteiger partial charge in [0.05, 0.1) is 6.07 Å². The fourth-order valence-corrected chi connectivity index (χ4v) is 3.56. The number of carbonyl (C=O) groups excluding carboxylic acids is 2. The number of aryl methyl sites for hydroxylation is 1. The van der Waals surface area contributed by atoms with Crippen LogP contribution in [0.3, 0.4) is 0 Å². The number of hydrogen-bond acceptors (Lipinski definition) is 3. The molecule has 1 fully saturated rings. The number of hydrogen-bond donors (Lipinski definition) is 2. The van der Waals surface area contributed by atoms with Gasteiger partial charge >= 0.3 is 6.03 Å². The van der Waals surface area contributed by atoms with Crippen LogP contribution in [0.15, 0.2) is 18.2 Å². The van der Waals surface area contributed by atoms with Crippen molar-refractivity contribution in [1.82, 2.24) is 15.5 Å². The van der Waals surface area contributed by atoms with Crippen LogP contribution in [0.5, 0.6) is 0 Å². The number of carbonyl (C=O) groups is 2. The average Bonchev–Trinajstić information content (AvgIpc) is 2.67. The van der Waals surface area contributed by atoms with Crippen LogP contribution in [0.1, 0.15) is 50.2 Å². The molecular formula is C21H29FN4O2. The zero-order valence-electron chi connectivity index (χ0n) is 16.8. The Morgan fingerprint density at radius 3 is 2.61 bits per heavy atom. The molecule has 0 aliphatic carbocycles. The Balaban J connectivity index is 1.95. The Kier molecular flexibility index (Phi) is 7.80. The first-order chi connectivity index (χ1) is 13.3. The number of nitrogens with one attached hydrogen (secondary N) is 2. The Labute approximate surface area is 166 Å². The summed E-state index contributed by atoms with van der Waals surface area (Å²) in [5.41, 5.74) is 1.74. The lowest BCUT2D eigenvalue weighted by atomic mass is 9.88. The van der Waals surface area contributed by atoms with Gasteiger partial charge in [-0.25, -0.2) is 9.18 Å². The Morgan fingerprint density at radius 1 is 1.32 bits per heavy atom. The molecular weight excluding hydrogens is 359 g/mol. The summed E-state index contributed by atoms with van der Waals surface area (Å²) in [7, 11) is 0. The second-order valence-electron chi connectivity index (χ2n) is 7.79. The molecule has 1 aromatic rings. The van der Waals surface area contributed by atoms with E-state index < -0.39 is 6.04 Å². The molecule has 2 rings (SSSR count). The van der Waals surface area contributed by atoms with Crippen LogP contribution in [-0.2, 0) is 4.79 Å². The molecule has 1 atom stereocenters. The molecule has 0 spiro atoms. The molecule has 7 heteroatoms. The third-order valence-electron chi connectivity index (χ3n) is 5.04. The maximum absolute atomic E-state index is 14.1. The number of urea groups is 1. The Hall–Kier alpha value is -2.62. The summed E-state index contributed by atoms with van der Waals surface area (Å²) < 4.78 is 14.1. The molecule has 1 aromatic carbocycles. The van der Waals surface area contributed by atoms with Crippen LogP contribution < -0.4 is 10.6 Å². The third-order valence-corrected chi connectivity index (χ3v) is 5.04. The lowest BCUT2D eigenvalue weighted by Crippen LogP contribution is -2.53. The molecule has 0 bridgehead atoms. The summed E-state index contributed by atoms with van der Waals surface area (Å²) in [6, 6.07) is 6.04. The van der Waals surface area contributed by atoms with Gasteiger partial charge in [-0.15, -0.1) is 0 Å². The molecule has 3 amide bonds. The van der Waals surface area contributed by atoms with E-state index in [-0.39, 0.29) is 36.1 Å². The van der Waals surface area contributed by atoms with Gasteiger partial charge in [-0.3, -0.25) is 4.79 Å². The zero-order valence-corrected chi connectivity index (χ0v) is 16.8. The molecule has 28 heavy (non-hydrogen) atoms. The second-order valence-corrected chi connectivity index (χ2v) is 7.79. The largest absolute Gasteiger partial charge is 0.341 e. The van der Waals surface area contributed by atoms with E-state index in [1.165, 1.54) is 6.07 Å². The molecule has 2 N–H and O–H groups in total. The lowest BCUT2D eigenvalue weighted by molar-refractivity contribution is -0.123. The van der Waals surface area contributed by atoms with Crippen LogP contribution >= 0.6 is 0 Å². The van der Waals surface area contributed by atoms with Crippen molar-refractivity contribution < 1.29 is 14.0 Å². The maximum atomic E-state index is 14.1. The van der Waals surface area contributed by atoms with Crippen LogP contribution in [0.4, 0.5) is 9.18 Å². The van der Waals surface area contributed by atoms with Crippen LogP contribution in [0, 0.1) is 30.0 Å². The lowest BCUT2D eigenvalue weighted by Gasteiger charge is -2.33. The van der Waals surface area contributed by atoms with E-state index >= 15 is 0 Å².